The quantitative estimate of drug-likeness (QED) is 0.320. The van der Waals surface area contributed by atoms with Gasteiger partial charge in [0, 0.05) is 28.1 Å². The lowest BCUT2D eigenvalue weighted by Crippen LogP contribution is -2.33. The van der Waals surface area contributed by atoms with Crippen LogP contribution in [-0.4, -0.2) is 25.7 Å². The summed E-state index contributed by atoms with van der Waals surface area (Å²) in [6.45, 7) is 3.29. The first-order valence-corrected chi connectivity index (χ1v) is 13.2. The first-order chi connectivity index (χ1) is 18.1. The highest BCUT2D eigenvalue weighted by Crippen LogP contribution is 2.36. The second-order valence-corrected chi connectivity index (χ2v) is 10.5. The number of benzene rings is 3. The largest absolute Gasteiger partial charge is 0.495 e. The lowest BCUT2D eigenvalue weighted by atomic mass is 9.88. The standard InChI is InChI=1S/C27H23ClFN3O5S/c1-16-19(10-9-18-7-5-4-6-8-18)11-13-21(29)24(16)17(2)25(26-30-31-27(33)37-26)32-38(34,35)23-14-12-20(28)15-22(23)36-3/h4-8,11-15,17,25,32H,1-3H3,(H,31,33)/t17-,25+/m1/s1. The van der Waals surface area contributed by atoms with Crippen LogP contribution in [0.3, 0.4) is 0 Å². The summed E-state index contributed by atoms with van der Waals surface area (Å²) in [5.74, 6) is 3.48. The third-order valence-corrected chi connectivity index (χ3v) is 7.67. The minimum Gasteiger partial charge on any atom is -0.495 e. The average Bonchev–Trinajstić information content (AvgIpc) is 3.33. The lowest BCUT2D eigenvalue weighted by molar-refractivity contribution is 0.374. The number of nitrogens with one attached hydrogen (secondary N) is 2. The summed E-state index contributed by atoms with van der Waals surface area (Å²) in [5, 5.41) is 6.22. The summed E-state index contributed by atoms with van der Waals surface area (Å²) < 4.78 is 54.9. The highest BCUT2D eigenvalue weighted by molar-refractivity contribution is 7.89. The van der Waals surface area contributed by atoms with Gasteiger partial charge in [-0.2, -0.15) is 4.72 Å². The van der Waals surface area contributed by atoms with Gasteiger partial charge in [-0.15, -0.1) is 5.10 Å². The van der Waals surface area contributed by atoms with E-state index in [2.05, 4.69) is 26.8 Å². The zero-order chi connectivity index (χ0) is 27.4. The van der Waals surface area contributed by atoms with Gasteiger partial charge in [0.05, 0.1) is 7.11 Å². The number of hydrogen-bond acceptors (Lipinski definition) is 6. The van der Waals surface area contributed by atoms with Crippen LogP contribution in [0.2, 0.25) is 5.02 Å². The molecule has 0 spiro atoms. The van der Waals surface area contributed by atoms with Crippen LogP contribution < -0.4 is 15.2 Å². The first kappa shape index (κ1) is 27.1. The smallest absolute Gasteiger partial charge is 0.434 e. The Hall–Kier alpha value is -3.91. The average molecular weight is 556 g/mol. The Bertz CT molecular complexity index is 1690. The molecule has 38 heavy (non-hydrogen) atoms. The molecule has 0 unspecified atom stereocenters. The number of ether oxygens (including phenoxy) is 1. The second-order valence-electron chi connectivity index (χ2n) is 8.38. The van der Waals surface area contributed by atoms with E-state index in [-0.39, 0.29) is 27.1 Å². The molecule has 1 heterocycles. The summed E-state index contributed by atoms with van der Waals surface area (Å²) >= 11 is 5.98. The number of sulfonamides is 1. The summed E-state index contributed by atoms with van der Waals surface area (Å²) in [7, 11) is -2.99. The van der Waals surface area contributed by atoms with Crippen LogP contribution in [0.15, 0.2) is 74.8 Å². The van der Waals surface area contributed by atoms with Gasteiger partial charge in [0.25, 0.3) is 0 Å². The van der Waals surface area contributed by atoms with E-state index in [9.17, 15) is 13.2 Å². The number of nitrogens with zero attached hydrogens (tertiary/aromatic N) is 1. The molecule has 0 saturated heterocycles. The lowest BCUT2D eigenvalue weighted by Gasteiger charge is -2.25. The third-order valence-electron chi connectivity index (χ3n) is 5.95. The van der Waals surface area contributed by atoms with Crippen LogP contribution in [0.1, 0.15) is 47.0 Å². The Balaban J connectivity index is 1.78. The van der Waals surface area contributed by atoms with Crippen molar-refractivity contribution in [3.63, 3.8) is 0 Å². The predicted molar refractivity (Wildman–Crippen MR) is 140 cm³/mol. The Morgan fingerprint density at radius 2 is 1.87 bits per heavy atom. The van der Waals surface area contributed by atoms with E-state index in [4.69, 9.17) is 20.8 Å². The Morgan fingerprint density at radius 3 is 2.53 bits per heavy atom. The fourth-order valence-corrected chi connectivity index (χ4v) is 5.63. The molecule has 2 atom stereocenters. The van der Waals surface area contributed by atoms with Crippen molar-refractivity contribution in [2.75, 3.05) is 7.11 Å². The molecule has 3 aromatic carbocycles. The molecule has 0 radical (unpaired) electrons. The molecule has 0 bridgehead atoms. The second kappa shape index (κ2) is 11.2. The highest BCUT2D eigenvalue weighted by Gasteiger charge is 2.34. The first-order valence-electron chi connectivity index (χ1n) is 11.4. The summed E-state index contributed by atoms with van der Waals surface area (Å²) in [5.41, 5.74) is 2.03. The van der Waals surface area contributed by atoms with Gasteiger partial charge in [-0.3, -0.25) is 0 Å². The van der Waals surface area contributed by atoms with Crippen molar-refractivity contribution in [3.05, 3.63) is 110 Å². The molecule has 196 valence electrons. The highest BCUT2D eigenvalue weighted by atomic mass is 35.5. The molecule has 0 aliphatic rings. The van der Waals surface area contributed by atoms with Gasteiger partial charge in [-0.1, -0.05) is 48.6 Å². The fourth-order valence-electron chi connectivity index (χ4n) is 4.05. The molecule has 0 aliphatic carbocycles. The van der Waals surface area contributed by atoms with Crippen molar-refractivity contribution in [1.29, 1.82) is 0 Å². The van der Waals surface area contributed by atoms with E-state index < -0.39 is 33.6 Å². The zero-order valence-electron chi connectivity index (χ0n) is 20.6. The Kier molecular flexibility index (Phi) is 8.02. The summed E-state index contributed by atoms with van der Waals surface area (Å²) in [6.07, 6.45) is 0. The van der Waals surface area contributed by atoms with Crippen molar-refractivity contribution in [2.24, 2.45) is 0 Å². The van der Waals surface area contributed by atoms with Gasteiger partial charge in [-0.05, 0) is 54.4 Å². The molecule has 0 amide bonds. The molecule has 0 saturated carbocycles. The maximum absolute atomic E-state index is 15.3. The number of H-pyrrole nitrogens is 1. The van der Waals surface area contributed by atoms with Crippen LogP contribution in [0.5, 0.6) is 5.75 Å². The van der Waals surface area contributed by atoms with Crippen molar-refractivity contribution < 1.29 is 22.0 Å². The van der Waals surface area contributed by atoms with Crippen LogP contribution in [0.4, 0.5) is 4.39 Å². The molecule has 8 nitrogen and oxygen atoms in total. The van der Waals surface area contributed by atoms with Gasteiger partial charge in [0.1, 0.15) is 22.5 Å². The van der Waals surface area contributed by atoms with Crippen molar-refractivity contribution in [3.8, 4) is 17.6 Å². The molecule has 0 fully saturated rings. The summed E-state index contributed by atoms with van der Waals surface area (Å²) in [4.78, 5) is 11.5. The van der Waals surface area contributed by atoms with Gasteiger partial charge in [-0.25, -0.2) is 22.7 Å². The Labute approximate surface area is 223 Å². The number of hydrogen-bond donors (Lipinski definition) is 2. The summed E-state index contributed by atoms with van der Waals surface area (Å²) in [6, 6.07) is 14.9. The molecule has 4 aromatic rings. The van der Waals surface area contributed by atoms with Crippen LogP contribution in [0.25, 0.3) is 0 Å². The van der Waals surface area contributed by atoms with Crippen LogP contribution in [0, 0.1) is 24.6 Å². The van der Waals surface area contributed by atoms with E-state index in [0.29, 0.717) is 11.1 Å². The molecule has 4 rings (SSSR count). The topological polar surface area (TPSA) is 114 Å². The zero-order valence-corrected chi connectivity index (χ0v) is 22.2. The number of rotatable bonds is 7. The van der Waals surface area contributed by atoms with E-state index in [1.54, 1.807) is 19.9 Å². The van der Waals surface area contributed by atoms with Gasteiger partial charge < -0.3 is 9.15 Å². The molecular formula is C27H23ClFN3O5S. The molecule has 0 aliphatic heterocycles. The fraction of sp³-hybridized carbons (Fsp3) is 0.185. The number of halogens is 2. The monoisotopic (exact) mass is 555 g/mol. The maximum Gasteiger partial charge on any atom is 0.434 e. The maximum atomic E-state index is 15.3. The Morgan fingerprint density at radius 1 is 1.13 bits per heavy atom. The van der Waals surface area contributed by atoms with Gasteiger partial charge >= 0.3 is 5.76 Å². The van der Waals surface area contributed by atoms with E-state index in [0.717, 1.165) is 5.56 Å². The molecule has 1 aromatic heterocycles. The van der Waals surface area contributed by atoms with Gasteiger partial charge in [0.2, 0.25) is 15.9 Å². The van der Waals surface area contributed by atoms with Crippen molar-refractivity contribution >= 4 is 21.6 Å². The SMILES string of the molecule is COc1cc(Cl)ccc1S(=O)(=O)N[C@H](c1n[nH]c(=O)o1)[C@H](C)c1c(F)ccc(C#Cc2ccccc2)c1C. The third kappa shape index (κ3) is 5.81. The minimum atomic E-state index is -4.29. The van der Waals surface area contributed by atoms with E-state index in [1.807, 2.05) is 30.3 Å². The minimum absolute atomic E-state index is 0.000397. The van der Waals surface area contributed by atoms with Crippen molar-refractivity contribution in [1.82, 2.24) is 14.9 Å². The molecule has 2 N–H and O–H groups in total. The molecule has 11 heteroatoms. The number of methoxy groups -OCH3 is 1. The number of aromatic amines is 1. The van der Waals surface area contributed by atoms with Gasteiger partial charge in [0.15, 0.2) is 0 Å². The van der Waals surface area contributed by atoms with E-state index >= 15 is 4.39 Å². The van der Waals surface area contributed by atoms with Crippen LogP contribution >= 0.6 is 11.6 Å². The molecular weight excluding hydrogens is 533 g/mol. The normalized spacial score (nSPS) is 12.9. The predicted octanol–water partition coefficient (Wildman–Crippen LogP) is 4.70. The van der Waals surface area contributed by atoms with Crippen LogP contribution in [-0.2, 0) is 10.0 Å². The van der Waals surface area contributed by atoms with Crippen molar-refractivity contribution in [2.45, 2.75) is 30.7 Å². The van der Waals surface area contributed by atoms with E-state index in [1.165, 1.54) is 31.4 Å². The number of aromatic nitrogens is 2.